The minimum absolute atomic E-state index is 0.134. The summed E-state index contributed by atoms with van der Waals surface area (Å²) >= 11 is 0. The molecule has 0 unspecified atom stereocenters. The molecule has 0 aliphatic rings. The maximum absolute atomic E-state index is 12.4. The number of hydrogen-bond acceptors (Lipinski definition) is 4. The maximum Gasteiger partial charge on any atom is 0.258 e. The lowest BCUT2D eigenvalue weighted by Crippen LogP contribution is -2.48. The predicted octanol–water partition coefficient (Wildman–Crippen LogP) is 1.77. The molecule has 20 heavy (non-hydrogen) atoms. The van der Waals surface area contributed by atoms with Gasteiger partial charge in [-0.1, -0.05) is 6.07 Å². The van der Waals surface area contributed by atoms with Crippen molar-refractivity contribution in [2.24, 2.45) is 0 Å². The van der Waals surface area contributed by atoms with Gasteiger partial charge in [-0.15, -0.1) is 0 Å². The summed E-state index contributed by atoms with van der Waals surface area (Å²) in [5.41, 5.74) is 0.289. The summed E-state index contributed by atoms with van der Waals surface area (Å²) in [6.45, 7) is 4.65. The van der Waals surface area contributed by atoms with Crippen molar-refractivity contribution in [2.45, 2.75) is 19.4 Å². The van der Waals surface area contributed by atoms with Crippen LogP contribution >= 0.6 is 0 Å². The molecule has 1 rings (SSSR count). The highest BCUT2D eigenvalue weighted by atomic mass is 16.5. The first-order valence-electron chi connectivity index (χ1n) is 6.50. The van der Waals surface area contributed by atoms with Gasteiger partial charge in [-0.05, 0) is 40.1 Å². The van der Waals surface area contributed by atoms with E-state index >= 15 is 0 Å². The maximum atomic E-state index is 12.4. The van der Waals surface area contributed by atoms with E-state index in [4.69, 9.17) is 9.47 Å². The van der Waals surface area contributed by atoms with Gasteiger partial charge in [0.2, 0.25) is 0 Å². The molecule has 0 fully saturated rings. The second kappa shape index (κ2) is 6.61. The molecular formula is C15H24N2O3. The Bertz CT molecular complexity index is 448. The lowest BCUT2D eigenvalue weighted by molar-refractivity contribution is 0.0913. The van der Waals surface area contributed by atoms with Crippen molar-refractivity contribution < 1.29 is 14.3 Å². The number of hydrogen-bond donors (Lipinski definition) is 1. The third kappa shape index (κ3) is 3.63. The molecule has 0 bridgehead atoms. The monoisotopic (exact) mass is 280 g/mol. The zero-order chi connectivity index (χ0) is 15.3. The molecule has 1 aromatic carbocycles. The number of carbonyl (C=O) groups is 1. The van der Waals surface area contributed by atoms with Crippen LogP contribution in [0.4, 0.5) is 0 Å². The number of rotatable bonds is 6. The molecule has 0 atom stereocenters. The van der Waals surface area contributed by atoms with Crippen molar-refractivity contribution in [1.29, 1.82) is 0 Å². The Labute approximate surface area is 120 Å². The number of ether oxygens (including phenoxy) is 2. The van der Waals surface area contributed by atoms with Crippen molar-refractivity contribution in [2.75, 3.05) is 34.9 Å². The lowest BCUT2D eigenvalue weighted by atomic mass is 10.0. The van der Waals surface area contributed by atoms with E-state index in [1.54, 1.807) is 18.2 Å². The molecule has 0 saturated heterocycles. The van der Waals surface area contributed by atoms with Crippen LogP contribution in [0.2, 0.25) is 0 Å². The van der Waals surface area contributed by atoms with Gasteiger partial charge in [0.1, 0.15) is 17.1 Å². The van der Waals surface area contributed by atoms with E-state index in [2.05, 4.69) is 24.1 Å². The Morgan fingerprint density at radius 2 is 1.70 bits per heavy atom. The Morgan fingerprint density at radius 3 is 2.10 bits per heavy atom. The van der Waals surface area contributed by atoms with Gasteiger partial charge in [0.05, 0.1) is 14.2 Å². The van der Waals surface area contributed by atoms with E-state index in [9.17, 15) is 4.79 Å². The molecular weight excluding hydrogens is 256 g/mol. The molecule has 0 radical (unpaired) electrons. The smallest absolute Gasteiger partial charge is 0.258 e. The standard InChI is InChI=1S/C15H24N2O3/c1-15(2,17(3)4)10-16-14(18)13-11(19-5)8-7-9-12(13)20-6/h7-9H,10H2,1-6H3,(H,16,18). The Morgan fingerprint density at radius 1 is 1.20 bits per heavy atom. The summed E-state index contributed by atoms with van der Waals surface area (Å²) in [7, 11) is 7.04. The number of carbonyl (C=O) groups excluding carboxylic acids is 1. The van der Waals surface area contributed by atoms with E-state index in [0.717, 1.165) is 0 Å². The van der Waals surface area contributed by atoms with Crippen molar-refractivity contribution in [1.82, 2.24) is 10.2 Å². The van der Waals surface area contributed by atoms with Crippen LogP contribution in [0, 0.1) is 0 Å². The van der Waals surface area contributed by atoms with E-state index < -0.39 is 0 Å². The highest BCUT2D eigenvalue weighted by Gasteiger charge is 2.24. The molecule has 0 saturated carbocycles. The number of likely N-dealkylation sites (N-methyl/N-ethyl adjacent to an activating group) is 1. The average Bonchev–Trinajstić information content (AvgIpc) is 2.43. The van der Waals surface area contributed by atoms with Crippen molar-refractivity contribution in [3.05, 3.63) is 23.8 Å². The first-order valence-corrected chi connectivity index (χ1v) is 6.50. The summed E-state index contributed by atoms with van der Waals surface area (Å²) in [6.07, 6.45) is 0. The normalized spacial score (nSPS) is 11.3. The zero-order valence-corrected chi connectivity index (χ0v) is 13.1. The van der Waals surface area contributed by atoms with Gasteiger partial charge in [0.25, 0.3) is 5.91 Å². The van der Waals surface area contributed by atoms with Crippen LogP contribution in [-0.2, 0) is 0 Å². The van der Waals surface area contributed by atoms with Crippen LogP contribution < -0.4 is 14.8 Å². The predicted molar refractivity (Wildman–Crippen MR) is 79.6 cm³/mol. The Balaban J connectivity index is 2.93. The Hall–Kier alpha value is -1.75. The first-order chi connectivity index (χ1) is 9.33. The fourth-order valence-corrected chi connectivity index (χ4v) is 1.62. The zero-order valence-electron chi connectivity index (χ0n) is 13.1. The molecule has 0 aliphatic heterocycles. The molecule has 112 valence electrons. The summed E-state index contributed by atoms with van der Waals surface area (Å²) in [6, 6.07) is 5.28. The highest BCUT2D eigenvalue weighted by Crippen LogP contribution is 2.28. The average molecular weight is 280 g/mol. The quantitative estimate of drug-likeness (QED) is 0.863. The van der Waals surface area contributed by atoms with E-state index in [1.165, 1.54) is 14.2 Å². The van der Waals surface area contributed by atoms with Crippen molar-refractivity contribution in [3.63, 3.8) is 0 Å². The molecule has 5 heteroatoms. The third-order valence-corrected chi connectivity index (χ3v) is 3.55. The number of nitrogens with zero attached hydrogens (tertiary/aromatic N) is 1. The fraction of sp³-hybridized carbons (Fsp3) is 0.533. The van der Waals surface area contributed by atoms with Gasteiger partial charge in [-0.2, -0.15) is 0 Å². The van der Waals surface area contributed by atoms with Crippen LogP contribution in [0.3, 0.4) is 0 Å². The summed E-state index contributed by atoms with van der Waals surface area (Å²) in [5.74, 6) is 0.809. The number of benzene rings is 1. The van der Waals surface area contributed by atoms with E-state index in [1.807, 2.05) is 14.1 Å². The molecule has 0 spiro atoms. The van der Waals surface area contributed by atoms with Crippen LogP contribution in [0.25, 0.3) is 0 Å². The summed E-state index contributed by atoms with van der Waals surface area (Å²) in [4.78, 5) is 14.4. The second-order valence-electron chi connectivity index (χ2n) is 5.43. The second-order valence-corrected chi connectivity index (χ2v) is 5.43. The molecule has 0 heterocycles. The molecule has 1 N–H and O–H groups in total. The molecule has 0 aromatic heterocycles. The topological polar surface area (TPSA) is 50.8 Å². The van der Waals surface area contributed by atoms with Gasteiger partial charge in [0, 0.05) is 12.1 Å². The van der Waals surface area contributed by atoms with Gasteiger partial charge >= 0.3 is 0 Å². The number of nitrogens with one attached hydrogen (secondary N) is 1. The van der Waals surface area contributed by atoms with Crippen LogP contribution in [0.5, 0.6) is 11.5 Å². The SMILES string of the molecule is COc1cccc(OC)c1C(=O)NCC(C)(C)N(C)C. The number of amides is 1. The van der Waals surface area contributed by atoms with Gasteiger partial charge in [0.15, 0.2) is 0 Å². The minimum Gasteiger partial charge on any atom is -0.496 e. The third-order valence-electron chi connectivity index (χ3n) is 3.55. The van der Waals surface area contributed by atoms with Crippen molar-refractivity contribution in [3.8, 4) is 11.5 Å². The fourth-order valence-electron chi connectivity index (χ4n) is 1.62. The van der Waals surface area contributed by atoms with Gasteiger partial charge in [-0.25, -0.2) is 0 Å². The summed E-state index contributed by atoms with van der Waals surface area (Å²) in [5, 5.41) is 2.93. The number of methoxy groups -OCH3 is 2. The largest absolute Gasteiger partial charge is 0.496 e. The summed E-state index contributed by atoms with van der Waals surface area (Å²) < 4.78 is 10.5. The van der Waals surface area contributed by atoms with E-state index in [0.29, 0.717) is 23.6 Å². The molecule has 0 aliphatic carbocycles. The van der Waals surface area contributed by atoms with Gasteiger partial charge < -0.3 is 19.7 Å². The first kappa shape index (κ1) is 16.3. The highest BCUT2D eigenvalue weighted by molar-refractivity contribution is 5.99. The lowest BCUT2D eigenvalue weighted by Gasteiger charge is -2.32. The van der Waals surface area contributed by atoms with Gasteiger partial charge in [-0.3, -0.25) is 4.79 Å². The van der Waals surface area contributed by atoms with Crippen LogP contribution in [0.15, 0.2) is 18.2 Å². The van der Waals surface area contributed by atoms with Crippen molar-refractivity contribution >= 4 is 5.91 Å². The van der Waals surface area contributed by atoms with Crippen LogP contribution in [0.1, 0.15) is 24.2 Å². The van der Waals surface area contributed by atoms with Crippen LogP contribution in [-0.4, -0.2) is 51.2 Å². The van der Waals surface area contributed by atoms with E-state index in [-0.39, 0.29) is 11.4 Å². The molecule has 1 amide bonds. The minimum atomic E-state index is -0.200. The Kier molecular flexibility index (Phi) is 5.39. The molecule has 1 aromatic rings. The molecule has 5 nitrogen and oxygen atoms in total.